The Kier molecular flexibility index (Phi) is 9.49. The second-order valence-corrected chi connectivity index (χ2v) is 9.39. The average Bonchev–Trinajstić information content (AvgIpc) is 3.76. The number of nitrogens with zero attached hydrogens (tertiary/aromatic N) is 2. The molecule has 1 heterocycles. The molecule has 0 radical (unpaired) electrons. The standard InChI is InChI=1S/C28H34N4O6/c1-18-10-21(26(35)38-5)13-30-25(18)12-24(19-6-7-19)28(29-2,27(36)31-17-34)16-32(3)14-20-8-9-23(37-4)11-22(20)15-33/h8-13,15,17,19,29H,6-7,14,16H2,1-5H3,(H,31,34,36)/b24-12+/t28-/m0/s1. The molecule has 1 atom stereocenters. The molecule has 202 valence electrons. The third-order valence-corrected chi connectivity index (χ3v) is 6.77. The van der Waals surface area contributed by atoms with Gasteiger partial charge in [0.05, 0.1) is 25.5 Å². The number of esters is 1. The second kappa shape index (κ2) is 12.6. The van der Waals surface area contributed by atoms with Gasteiger partial charge in [0.25, 0.3) is 5.91 Å². The van der Waals surface area contributed by atoms with E-state index in [0.29, 0.717) is 35.5 Å². The van der Waals surface area contributed by atoms with Crippen molar-refractivity contribution in [2.75, 3.05) is 34.9 Å². The summed E-state index contributed by atoms with van der Waals surface area (Å²) in [5, 5.41) is 5.53. The maximum atomic E-state index is 13.5. The summed E-state index contributed by atoms with van der Waals surface area (Å²) in [6.45, 7) is 2.41. The fraction of sp³-hybridized carbons (Fsp3) is 0.393. The van der Waals surface area contributed by atoms with Crippen LogP contribution in [-0.2, 0) is 20.9 Å². The van der Waals surface area contributed by atoms with Crippen LogP contribution in [0.2, 0.25) is 0 Å². The predicted octanol–water partition coefficient (Wildman–Crippen LogP) is 2.15. The summed E-state index contributed by atoms with van der Waals surface area (Å²) < 4.78 is 10.0. The van der Waals surface area contributed by atoms with Gasteiger partial charge in [0, 0.05) is 24.8 Å². The molecule has 0 spiro atoms. The number of hydrogen-bond donors (Lipinski definition) is 2. The number of benzene rings is 1. The SMILES string of the molecule is CN[C@](CN(C)Cc1ccc(OC)cc1C=O)(C(=O)NC=O)/C(=C/c1ncc(C(=O)OC)cc1C)C1CC1. The Morgan fingerprint density at radius 3 is 2.50 bits per heavy atom. The lowest BCUT2D eigenvalue weighted by atomic mass is 9.83. The van der Waals surface area contributed by atoms with E-state index in [-0.39, 0.29) is 12.5 Å². The zero-order valence-corrected chi connectivity index (χ0v) is 22.4. The number of aldehydes is 1. The number of hydrogen-bond acceptors (Lipinski definition) is 9. The Bertz CT molecular complexity index is 1240. The highest BCUT2D eigenvalue weighted by Crippen LogP contribution is 2.43. The minimum Gasteiger partial charge on any atom is -0.497 e. The van der Waals surface area contributed by atoms with Gasteiger partial charge in [0.1, 0.15) is 11.3 Å². The van der Waals surface area contributed by atoms with Crippen molar-refractivity contribution in [1.29, 1.82) is 0 Å². The van der Waals surface area contributed by atoms with Gasteiger partial charge in [-0.25, -0.2) is 4.79 Å². The number of likely N-dealkylation sites (N-methyl/N-ethyl adjacent to an activating group) is 2. The lowest BCUT2D eigenvalue weighted by Crippen LogP contribution is -2.62. The molecule has 10 nitrogen and oxygen atoms in total. The van der Waals surface area contributed by atoms with Crippen LogP contribution in [0.4, 0.5) is 0 Å². The van der Waals surface area contributed by atoms with Gasteiger partial charge in [0.2, 0.25) is 6.41 Å². The van der Waals surface area contributed by atoms with E-state index in [9.17, 15) is 19.2 Å². The summed E-state index contributed by atoms with van der Waals surface area (Å²) in [6, 6.07) is 6.96. The Balaban J connectivity index is 2.02. The van der Waals surface area contributed by atoms with Crippen LogP contribution in [0.15, 0.2) is 36.0 Å². The smallest absolute Gasteiger partial charge is 0.339 e. The largest absolute Gasteiger partial charge is 0.497 e. The molecule has 1 saturated carbocycles. The number of rotatable bonds is 13. The molecule has 1 fully saturated rings. The first-order valence-corrected chi connectivity index (χ1v) is 12.2. The van der Waals surface area contributed by atoms with E-state index in [1.165, 1.54) is 20.4 Å². The molecule has 0 bridgehead atoms. The lowest BCUT2D eigenvalue weighted by Gasteiger charge is -2.38. The molecule has 2 aromatic rings. The van der Waals surface area contributed by atoms with Gasteiger partial charge in [-0.1, -0.05) is 6.07 Å². The topological polar surface area (TPSA) is 127 Å². The molecular weight excluding hydrogens is 488 g/mol. The van der Waals surface area contributed by atoms with Crippen LogP contribution >= 0.6 is 0 Å². The van der Waals surface area contributed by atoms with Crippen LogP contribution < -0.4 is 15.4 Å². The molecule has 0 aliphatic heterocycles. The van der Waals surface area contributed by atoms with Gasteiger partial charge < -0.3 is 14.8 Å². The molecule has 3 rings (SSSR count). The first-order valence-electron chi connectivity index (χ1n) is 12.2. The van der Waals surface area contributed by atoms with Crippen molar-refractivity contribution in [3.8, 4) is 5.75 Å². The zero-order valence-electron chi connectivity index (χ0n) is 22.4. The summed E-state index contributed by atoms with van der Waals surface area (Å²) in [7, 11) is 6.37. The first-order chi connectivity index (χ1) is 18.2. The monoisotopic (exact) mass is 522 g/mol. The molecule has 0 saturated heterocycles. The number of nitrogens with one attached hydrogen (secondary N) is 2. The number of pyridine rings is 1. The van der Waals surface area contributed by atoms with Gasteiger partial charge in [-0.05, 0) is 80.8 Å². The maximum Gasteiger partial charge on any atom is 0.339 e. The molecule has 1 aromatic heterocycles. The van der Waals surface area contributed by atoms with E-state index in [1.54, 1.807) is 25.2 Å². The maximum absolute atomic E-state index is 13.5. The van der Waals surface area contributed by atoms with Crippen molar-refractivity contribution in [2.24, 2.45) is 5.92 Å². The van der Waals surface area contributed by atoms with Crippen LogP contribution in [0.3, 0.4) is 0 Å². The molecule has 10 heteroatoms. The van der Waals surface area contributed by atoms with E-state index >= 15 is 0 Å². The Morgan fingerprint density at radius 1 is 1.21 bits per heavy atom. The fourth-order valence-electron chi connectivity index (χ4n) is 4.61. The number of ether oxygens (including phenoxy) is 2. The van der Waals surface area contributed by atoms with Crippen LogP contribution in [0.25, 0.3) is 6.08 Å². The molecule has 38 heavy (non-hydrogen) atoms. The number of carbonyl (C=O) groups is 4. The summed E-state index contributed by atoms with van der Waals surface area (Å²) in [5.74, 6) is -0.285. The van der Waals surface area contributed by atoms with Gasteiger partial charge in [-0.15, -0.1) is 0 Å². The molecule has 2 amide bonds. The van der Waals surface area contributed by atoms with Gasteiger partial charge in [-0.3, -0.25) is 29.6 Å². The molecular formula is C28H34N4O6. The summed E-state index contributed by atoms with van der Waals surface area (Å²) in [6.07, 6.45) is 6.24. The molecule has 0 unspecified atom stereocenters. The molecule has 1 aromatic carbocycles. The molecule has 2 N–H and O–H groups in total. The minimum atomic E-state index is -1.26. The Hall–Kier alpha value is -3.89. The fourth-order valence-corrected chi connectivity index (χ4v) is 4.61. The van der Waals surface area contributed by atoms with Crippen LogP contribution in [-0.4, -0.2) is 74.9 Å². The highest BCUT2D eigenvalue weighted by molar-refractivity contribution is 5.97. The van der Waals surface area contributed by atoms with Crippen molar-refractivity contribution < 1.29 is 28.7 Å². The van der Waals surface area contributed by atoms with E-state index in [2.05, 4.69) is 15.6 Å². The van der Waals surface area contributed by atoms with Gasteiger partial charge >= 0.3 is 5.97 Å². The number of aromatic nitrogens is 1. The minimum absolute atomic E-state index is 0.112. The van der Waals surface area contributed by atoms with Gasteiger partial charge in [-0.2, -0.15) is 0 Å². The third kappa shape index (κ3) is 6.32. The summed E-state index contributed by atoms with van der Waals surface area (Å²) >= 11 is 0. The number of amides is 2. The molecule has 1 aliphatic carbocycles. The second-order valence-electron chi connectivity index (χ2n) is 9.39. The van der Waals surface area contributed by atoms with Crippen molar-refractivity contribution in [1.82, 2.24) is 20.5 Å². The van der Waals surface area contributed by atoms with Crippen LogP contribution in [0, 0.1) is 12.8 Å². The zero-order chi connectivity index (χ0) is 27.9. The Morgan fingerprint density at radius 2 is 1.95 bits per heavy atom. The number of carbonyl (C=O) groups excluding carboxylic acids is 4. The highest BCUT2D eigenvalue weighted by Gasteiger charge is 2.47. The third-order valence-electron chi connectivity index (χ3n) is 6.77. The average molecular weight is 523 g/mol. The van der Waals surface area contributed by atoms with E-state index < -0.39 is 17.4 Å². The normalized spacial score (nSPS) is 14.9. The summed E-state index contributed by atoms with van der Waals surface area (Å²) in [5.41, 5.74) is 2.48. The van der Waals surface area contributed by atoms with Crippen molar-refractivity contribution in [2.45, 2.75) is 31.8 Å². The lowest BCUT2D eigenvalue weighted by molar-refractivity contribution is -0.130. The van der Waals surface area contributed by atoms with E-state index in [4.69, 9.17) is 9.47 Å². The molecule has 1 aliphatic rings. The van der Waals surface area contributed by atoms with Crippen molar-refractivity contribution in [3.63, 3.8) is 0 Å². The van der Waals surface area contributed by atoms with E-state index in [0.717, 1.165) is 35.8 Å². The van der Waals surface area contributed by atoms with Crippen LogP contribution in [0.5, 0.6) is 5.75 Å². The Labute approximate surface area is 222 Å². The summed E-state index contributed by atoms with van der Waals surface area (Å²) in [4.78, 5) is 54.9. The van der Waals surface area contributed by atoms with Gasteiger partial charge in [0.15, 0.2) is 6.29 Å². The van der Waals surface area contributed by atoms with Crippen LogP contribution in [0.1, 0.15) is 50.4 Å². The van der Waals surface area contributed by atoms with Crippen molar-refractivity contribution in [3.05, 3.63) is 64.0 Å². The first kappa shape index (κ1) is 28.7. The van der Waals surface area contributed by atoms with Crippen molar-refractivity contribution >= 4 is 30.6 Å². The predicted molar refractivity (Wildman–Crippen MR) is 142 cm³/mol. The highest BCUT2D eigenvalue weighted by atomic mass is 16.5. The quantitative estimate of drug-likeness (QED) is 0.300. The van der Waals surface area contributed by atoms with E-state index in [1.807, 2.05) is 31.0 Å². The number of methoxy groups -OCH3 is 2. The number of aryl methyl sites for hydroxylation is 1. The number of imide groups is 1.